The highest BCUT2D eigenvalue weighted by atomic mass is 16.6. The molecule has 1 aliphatic heterocycles. The average Bonchev–Trinajstić information content (AvgIpc) is 2.22. The molecule has 1 saturated heterocycles. The molecule has 0 amide bonds. The van der Waals surface area contributed by atoms with Gasteiger partial charge in [0, 0.05) is 0 Å². The number of rotatable bonds is 1. The van der Waals surface area contributed by atoms with Crippen LogP contribution < -0.4 is 0 Å². The first kappa shape index (κ1) is 12.4. The highest BCUT2D eigenvalue weighted by Crippen LogP contribution is 1.96. The molecule has 1 rings (SSSR count). The largest absolute Gasteiger partial charge is 0.377 e. The third kappa shape index (κ3) is 6.42. The predicted molar refractivity (Wildman–Crippen MR) is 55.4 cm³/mol. The molecule has 0 saturated carbocycles. The topological polar surface area (TPSA) is 41.3 Å². The molecular formula is C10H18NO4+. The van der Waals surface area contributed by atoms with E-state index in [9.17, 15) is 0 Å². The molecule has 5 heteroatoms. The van der Waals surface area contributed by atoms with Crippen LogP contribution in [0.4, 0.5) is 0 Å². The summed E-state index contributed by atoms with van der Waals surface area (Å²) in [7, 11) is 0. The molecule has 0 N–H and O–H groups in total. The van der Waals surface area contributed by atoms with Crippen LogP contribution in [0.5, 0.6) is 0 Å². The van der Waals surface area contributed by atoms with Crippen LogP contribution in [0.2, 0.25) is 0 Å². The second kappa shape index (κ2) is 8.62. The Morgan fingerprint density at radius 3 is 2.20 bits per heavy atom. The Morgan fingerprint density at radius 2 is 1.53 bits per heavy atom. The lowest BCUT2D eigenvalue weighted by Gasteiger charge is -2.14. The first-order valence-electron chi connectivity index (χ1n) is 5.15. The van der Waals surface area contributed by atoms with E-state index < -0.39 is 0 Å². The summed E-state index contributed by atoms with van der Waals surface area (Å²) in [5.74, 6) is 0. The molecule has 1 atom stereocenters. The van der Waals surface area contributed by atoms with Gasteiger partial charge in [-0.2, -0.15) is 0 Å². The SMILES string of the molecule is C#[N+]CC1COCCOCCOCCO1. The van der Waals surface area contributed by atoms with Gasteiger partial charge in [-0.15, -0.1) is 0 Å². The van der Waals surface area contributed by atoms with Crippen molar-refractivity contribution in [1.29, 1.82) is 0 Å². The van der Waals surface area contributed by atoms with E-state index in [2.05, 4.69) is 4.85 Å². The van der Waals surface area contributed by atoms with Crippen molar-refractivity contribution in [3.63, 3.8) is 0 Å². The zero-order valence-corrected chi connectivity index (χ0v) is 8.89. The van der Waals surface area contributed by atoms with Gasteiger partial charge >= 0.3 is 0 Å². The number of nitrogens with zero attached hydrogens (tertiary/aromatic N) is 1. The smallest absolute Gasteiger partial charge is 0.291 e. The van der Waals surface area contributed by atoms with E-state index in [1.54, 1.807) is 0 Å². The quantitative estimate of drug-likeness (QED) is 0.636. The maximum absolute atomic E-state index is 5.49. The lowest BCUT2D eigenvalue weighted by Crippen LogP contribution is -2.26. The van der Waals surface area contributed by atoms with Gasteiger partial charge in [-0.3, -0.25) is 0 Å². The fraction of sp³-hybridized carbons (Fsp3) is 0.900. The van der Waals surface area contributed by atoms with Crippen molar-refractivity contribution in [3.8, 4) is 6.57 Å². The van der Waals surface area contributed by atoms with E-state index in [-0.39, 0.29) is 6.10 Å². The third-order valence-electron chi connectivity index (χ3n) is 1.94. The minimum absolute atomic E-state index is 0.0852. The van der Waals surface area contributed by atoms with Crippen LogP contribution in [-0.4, -0.2) is 58.9 Å². The van der Waals surface area contributed by atoms with Crippen molar-refractivity contribution in [3.05, 3.63) is 4.85 Å². The average molecular weight is 216 g/mol. The van der Waals surface area contributed by atoms with Crippen LogP contribution in [0.15, 0.2) is 0 Å². The first-order valence-corrected chi connectivity index (χ1v) is 5.15. The van der Waals surface area contributed by atoms with Gasteiger partial charge in [0.15, 0.2) is 6.10 Å². The fourth-order valence-corrected chi connectivity index (χ4v) is 1.20. The highest BCUT2D eigenvalue weighted by molar-refractivity contribution is 4.74. The Hall–Kier alpha value is -0.670. The normalized spacial score (nSPS) is 25.9. The number of hydrogen-bond acceptors (Lipinski definition) is 4. The van der Waals surface area contributed by atoms with Crippen molar-refractivity contribution in [2.45, 2.75) is 6.10 Å². The molecular weight excluding hydrogens is 198 g/mol. The van der Waals surface area contributed by atoms with E-state index in [1.807, 2.05) is 0 Å². The Bertz CT molecular complexity index is 180. The van der Waals surface area contributed by atoms with Gasteiger partial charge in [-0.25, -0.2) is 0 Å². The third-order valence-corrected chi connectivity index (χ3v) is 1.94. The fourth-order valence-electron chi connectivity index (χ4n) is 1.20. The second-order valence-corrected chi connectivity index (χ2v) is 3.16. The molecule has 1 aliphatic rings. The molecule has 1 heterocycles. The summed E-state index contributed by atoms with van der Waals surface area (Å²) in [6, 6.07) is 0. The Balaban J connectivity index is 2.23. The Kier molecular flexibility index (Phi) is 7.13. The van der Waals surface area contributed by atoms with E-state index >= 15 is 0 Å². The van der Waals surface area contributed by atoms with Crippen LogP contribution in [0.25, 0.3) is 4.85 Å². The predicted octanol–water partition coefficient (Wildman–Crippen LogP) is 0.398. The van der Waals surface area contributed by atoms with Gasteiger partial charge in [-0.05, 0) is 0 Å². The number of ether oxygens (including phenoxy) is 4. The van der Waals surface area contributed by atoms with Gasteiger partial charge in [0.05, 0.1) is 46.2 Å². The van der Waals surface area contributed by atoms with Crippen molar-refractivity contribution in [2.75, 3.05) is 52.8 Å². The maximum Gasteiger partial charge on any atom is 0.291 e. The summed E-state index contributed by atoms with van der Waals surface area (Å²) >= 11 is 0. The molecule has 86 valence electrons. The summed E-state index contributed by atoms with van der Waals surface area (Å²) in [5.41, 5.74) is 0. The lowest BCUT2D eigenvalue weighted by atomic mass is 10.4. The molecule has 1 unspecified atom stereocenters. The molecule has 0 spiro atoms. The van der Waals surface area contributed by atoms with E-state index in [0.717, 1.165) is 0 Å². The van der Waals surface area contributed by atoms with Crippen molar-refractivity contribution >= 4 is 0 Å². The van der Waals surface area contributed by atoms with Crippen LogP contribution in [0.1, 0.15) is 0 Å². The molecule has 5 nitrogen and oxygen atoms in total. The van der Waals surface area contributed by atoms with E-state index in [1.165, 1.54) is 0 Å². The molecule has 1 fully saturated rings. The molecule has 15 heavy (non-hydrogen) atoms. The molecule has 0 radical (unpaired) electrons. The zero-order chi connectivity index (χ0) is 10.8. The Morgan fingerprint density at radius 1 is 0.933 bits per heavy atom. The standard InChI is InChI=1S/C10H18NO4/c1-11-8-10-9-14-5-4-12-2-3-13-6-7-15-10/h1,10H,2-9H2/q+1. The van der Waals surface area contributed by atoms with Crippen LogP contribution in [-0.2, 0) is 18.9 Å². The maximum atomic E-state index is 5.49. The summed E-state index contributed by atoms with van der Waals surface area (Å²) < 4.78 is 21.4. The first-order chi connectivity index (χ1) is 7.43. The molecule has 0 aromatic rings. The van der Waals surface area contributed by atoms with Crippen molar-refractivity contribution < 1.29 is 18.9 Å². The van der Waals surface area contributed by atoms with Gasteiger partial charge in [0.25, 0.3) is 13.1 Å². The minimum atomic E-state index is -0.0852. The van der Waals surface area contributed by atoms with Crippen LogP contribution in [0.3, 0.4) is 0 Å². The zero-order valence-electron chi connectivity index (χ0n) is 8.89. The van der Waals surface area contributed by atoms with Crippen molar-refractivity contribution in [1.82, 2.24) is 0 Å². The Labute approximate surface area is 90.1 Å². The molecule has 0 aromatic heterocycles. The van der Waals surface area contributed by atoms with Crippen molar-refractivity contribution in [2.24, 2.45) is 0 Å². The summed E-state index contributed by atoms with van der Waals surface area (Å²) in [5, 5.41) is 0. The van der Waals surface area contributed by atoms with E-state index in [4.69, 9.17) is 25.5 Å². The summed E-state index contributed by atoms with van der Waals surface area (Å²) in [6.07, 6.45) is -0.0852. The molecule has 0 aliphatic carbocycles. The monoisotopic (exact) mass is 216 g/mol. The second-order valence-electron chi connectivity index (χ2n) is 3.16. The van der Waals surface area contributed by atoms with Crippen LogP contribution in [0, 0.1) is 6.57 Å². The molecule has 0 aromatic carbocycles. The number of hydrogen-bond donors (Lipinski definition) is 0. The van der Waals surface area contributed by atoms with Gasteiger partial charge in [0.2, 0.25) is 0 Å². The lowest BCUT2D eigenvalue weighted by molar-refractivity contribution is -0.0614. The minimum Gasteiger partial charge on any atom is -0.377 e. The van der Waals surface area contributed by atoms with Crippen LogP contribution >= 0.6 is 0 Å². The summed E-state index contributed by atoms with van der Waals surface area (Å²) in [6.45, 7) is 9.47. The summed E-state index contributed by atoms with van der Waals surface area (Å²) in [4.78, 5) is 3.55. The van der Waals surface area contributed by atoms with Gasteiger partial charge in [0.1, 0.15) is 0 Å². The molecule has 0 bridgehead atoms. The highest BCUT2D eigenvalue weighted by Gasteiger charge is 2.14. The van der Waals surface area contributed by atoms with E-state index in [0.29, 0.717) is 52.8 Å². The van der Waals surface area contributed by atoms with Gasteiger partial charge < -0.3 is 18.9 Å². The van der Waals surface area contributed by atoms with Gasteiger partial charge in [-0.1, -0.05) is 4.85 Å².